The fourth-order valence-electron chi connectivity index (χ4n) is 2.14. The smallest absolute Gasteiger partial charge is 0.244 e. The molecule has 0 saturated carbocycles. The van der Waals surface area contributed by atoms with Crippen LogP contribution < -0.4 is 14.9 Å². The summed E-state index contributed by atoms with van der Waals surface area (Å²) < 4.78 is 10.5. The molecule has 2 rings (SSSR count). The SMILES string of the molecule is CCOc1ccc(CC(=O)N/N=C(/C)c2ccc(OC)cc2)cc1. The number of hydrogen-bond acceptors (Lipinski definition) is 4. The van der Waals surface area contributed by atoms with Crippen molar-refractivity contribution < 1.29 is 14.3 Å². The topological polar surface area (TPSA) is 59.9 Å². The monoisotopic (exact) mass is 326 g/mol. The molecule has 0 aromatic heterocycles. The third kappa shape index (κ3) is 5.12. The van der Waals surface area contributed by atoms with E-state index in [-0.39, 0.29) is 12.3 Å². The Labute approximate surface area is 142 Å². The van der Waals surface area contributed by atoms with Crippen LogP contribution in [0.15, 0.2) is 53.6 Å². The number of methoxy groups -OCH3 is 1. The van der Waals surface area contributed by atoms with Crippen molar-refractivity contribution in [1.29, 1.82) is 0 Å². The van der Waals surface area contributed by atoms with E-state index < -0.39 is 0 Å². The van der Waals surface area contributed by atoms with Gasteiger partial charge in [0.25, 0.3) is 0 Å². The Kier molecular flexibility index (Phi) is 6.37. The van der Waals surface area contributed by atoms with Crippen LogP contribution in [-0.4, -0.2) is 25.3 Å². The van der Waals surface area contributed by atoms with E-state index in [2.05, 4.69) is 10.5 Å². The Balaban J connectivity index is 1.91. The van der Waals surface area contributed by atoms with Crippen LogP contribution in [0.1, 0.15) is 25.0 Å². The summed E-state index contributed by atoms with van der Waals surface area (Å²) in [4.78, 5) is 12.0. The molecule has 0 bridgehead atoms. The van der Waals surface area contributed by atoms with Crippen molar-refractivity contribution in [1.82, 2.24) is 5.43 Å². The number of nitrogens with one attached hydrogen (secondary N) is 1. The summed E-state index contributed by atoms with van der Waals surface area (Å²) in [5, 5.41) is 4.14. The molecule has 0 atom stereocenters. The molecule has 0 aliphatic rings. The maximum Gasteiger partial charge on any atom is 0.244 e. The van der Waals surface area contributed by atoms with Gasteiger partial charge in [0.2, 0.25) is 5.91 Å². The molecule has 0 radical (unpaired) electrons. The van der Waals surface area contributed by atoms with Crippen LogP contribution in [0.25, 0.3) is 0 Å². The highest BCUT2D eigenvalue weighted by Gasteiger charge is 2.04. The van der Waals surface area contributed by atoms with Gasteiger partial charge in [-0.25, -0.2) is 5.43 Å². The number of nitrogens with zero attached hydrogens (tertiary/aromatic N) is 1. The van der Waals surface area contributed by atoms with Gasteiger partial charge in [-0.15, -0.1) is 0 Å². The molecule has 126 valence electrons. The Morgan fingerprint density at radius 1 is 1.04 bits per heavy atom. The lowest BCUT2D eigenvalue weighted by Gasteiger charge is -2.06. The van der Waals surface area contributed by atoms with Crippen LogP contribution in [0.2, 0.25) is 0 Å². The average molecular weight is 326 g/mol. The van der Waals surface area contributed by atoms with Gasteiger partial charge < -0.3 is 9.47 Å². The lowest BCUT2D eigenvalue weighted by Crippen LogP contribution is -2.21. The fourth-order valence-corrected chi connectivity index (χ4v) is 2.14. The second-order valence-electron chi connectivity index (χ2n) is 5.21. The Morgan fingerprint density at radius 2 is 1.67 bits per heavy atom. The van der Waals surface area contributed by atoms with Gasteiger partial charge >= 0.3 is 0 Å². The van der Waals surface area contributed by atoms with Gasteiger partial charge in [-0.2, -0.15) is 5.10 Å². The Hall–Kier alpha value is -2.82. The summed E-state index contributed by atoms with van der Waals surface area (Å²) in [5.41, 5.74) is 5.16. The first-order valence-corrected chi connectivity index (χ1v) is 7.81. The first-order valence-electron chi connectivity index (χ1n) is 7.81. The van der Waals surface area contributed by atoms with Gasteiger partial charge in [0.15, 0.2) is 0 Å². The second kappa shape index (κ2) is 8.72. The van der Waals surface area contributed by atoms with E-state index in [1.807, 2.05) is 62.4 Å². The van der Waals surface area contributed by atoms with Crippen molar-refractivity contribution in [2.75, 3.05) is 13.7 Å². The van der Waals surface area contributed by atoms with Crippen LogP contribution in [0, 0.1) is 0 Å². The van der Waals surface area contributed by atoms with Crippen LogP contribution in [0.3, 0.4) is 0 Å². The molecule has 0 saturated heterocycles. The lowest BCUT2D eigenvalue weighted by molar-refractivity contribution is -0.120. The predicted molar refractivity (Wildman–Crippen MR) is 94.7 cm³/mol. The number of carbonyl (C=O) groups is 1. The zero-order valence-electron chi connectivity index (χ0n) is 14.2. The molecule has 0 unspecified atom stereocenters. The van der Waals surface area contributed by atoms with E-state index in [1.54, 1.807) is 7.11 Å². The number of hydrazone groups is 1. The summed E-state index contributed by atoms with van der Waals surface area (Å²) >= 11 is 0. The number of carbonyl (C=O) groups excluding carboxylic acids is 1. The van der Waals surface area contributed by atoms with E-state index in [1.165, 1.54) is 0 Å². The highest BCUT2D eigenvalue weighted by atomic mass is 16.5. The third-order valence-corrected chi connectivity index (χ3v) is 3.46. The highest BCUT2D eigenvalue weighted by Crippen LogP contribution is 2.13. The van der Waals surface area contributed by atoms with Crippen LogP contribution in [-0.2, 0) is 11.2 Å². The van der Waals surface area contributed by atoms with Crippen molar-refractivity contribution in [3.8, 4) is 11.5 Å². The van der Waals surface area contributed by atoms with E-state index in [4.69, 9.17) is 9.47 Å². The van der Waals surface area contributed by atoms with Gasteiger partial charge in [0, 0.05) is 0 Å². The van der Waals surface area contributed by atoms with Crippen molar-refractivity contribution in [2.45, 2.75) is 20.3 Å². The Morgan fingerprint density at radius 3 is 2.25 bits per heavy atom. The number of benzene rings is 2. The minimum absolute atomic E-state index is 0.160. The molecule has 0 heterocycles. The second-order valence-corrected chi connectivity index (χ2v) is 5.21. The minimum Gasteiger partial charge on any atom is -0.497 e. The van der Waals surface area contributed by atoms with Crippen molar-refractivity contribution in [2.24, 2.45) is 5.10 Å². The quantitative estimate of drug-likeness (QED) is 0.628. The van der Waals surface area contributed by atoms with Crippen molar-refractivity contribution >= 4 is 11.6 Å². The molecule has 5 nitrogen and oxygen atoms in total. The van der Waals surface area contributed by atoms with Gasteiger partial charge in [0.05, 0.1) is 25.8 Å². The Bertz CT molecular complexity index is 692. The normalized spacial score (nSPS) is 11.0. The molecule has 2 aromatic rings. The van der Waals surface area contributed by atoms with E-state index in [0.717, 1.165) is 28.3 Å². The van der Waals surface area contributed by atoms with Gasteiger partial charge in [-0.1, -0.05) is 12.1 Å². The molecule has 0 aliphatic carbocycles. The van der Waals surface area contributed by atoms with Gasteiger partial charge in [-0.3, -0.25) is 4.79 Å². The molecule has 1 amide bonds. The van der Waals surface area contributed by atoms with E-state index >= 15 is 0 Å². The maximum atomic E-state index is 12.0. The molecular formula is C19H22N2O3. The average Bonchev–Trinajstić information content (AvgIpc) is 2.61. The highest BCUT2D eigenvalue weighted by molar-refractivity contribution is 5.99. The van der Waals surface area contributed by atoms with Crippen molar-refractivity contribution in [3.05, 3.63) is 59.7 Å². The zero-order valence-corrected chi connectivity index (χ0v) is 14.2. The predicted octanol–water partition coefficient (Wildman–Crippen LogP) is 3.18. The van der Waals surface area contributed by atoms with Crippen LogP contribution in [0.5, 0.6) is 11.5 Å². The summed E-state index contributed by atoms with van der Waals surface area (Å²) in [7, 11) is 1.62. The van der Waals surface area contributed by atoms with Crippen LogP contribution in [0.4, 0.5) is 0 Å². The number of ether oxygens (including phenoxy) is 2. The van der Waals surface area contributed by atoms with Gasteiger partial charge in [-0.05, 0) is 61.4 Å². The lowest BCUT2D eigenvalue weighted by atomic mass is 10.1. The molecular weight excluding hydrogens is 304 g/mol. The zero-order chi connectivity index (χ0) is 17.4. The summed E-state index contributed by atoms with van der Waals surface area (Å²) in [6.45, 7) is 4.41. The number of hydrogen-bond donors (Lipinski definition) is 1. The first-order chi connectivity index (χ1) is 11.6. The minimum atomic E-state index is -0.160. The third-order valence-electron chi connectivity index (χ3n) is 3.46. The molecule has 0 aliphatic heterocycles. The summed E-state index contributed by atoms with van der Waals surface area (Å²) in [5.74, 6) is 1.42. The first kappa shape index (κ1) is 17.5. The largest absolute Gasteiger partial charge is 0.497 e. The molecule has 1 N–H and O–H groups in total. The molecule has 5 heteroatoms. The molecule has 2 aromatic carbocycles. The summed E-state index contributed by atoms with van der Waals surface area (Å²) in [6.07, 6.45) is 0.270. The van der Waals surface area contributed by atoms with Gasteiger partial charge in [0.1, 0.15) is 11.5 Å². The summed E-state index contributed by atoms with van der Waals surface area (Å²) in [6, 6.07) is 15.0. The van der Waals surface area contributed by atoms with E-state index in [9.17, 15) is 4.79 Å². The maximum absolute atomic E-state index is 12.0. The number of amides is 1. The number of rotatable bonds is 7. The van der Waals surface area contributed by atoms with Crippen LogP contribution >= 0.6 is 0 Å². The van der Waals surface area contributed by atoms with E-state index in [0.29, 0.717) is 6.61 Å². The fraction of sp³-hybridized carbons (Fsp3) is 0.263. The molecule has 0 fully saturated rings. The standard InChI is InChI=1S/C19H22N2O3/c1-4-24-18-9-5-15(6-10-18)13-19(22)21-20-14(2)16-7-11-17(23-3)12-8-16/h5-12H,4,13H2,1-3H3,(H,21,22)/b20-14-. The molecule has 24 heavy (non-hydrogen) atoms. The molecule has 0 spiro atoms. The van der Waals surface area contributed by atoms with Crippen molar-refractivity contribution in [3.63, 3.8) is 0 Å².